The molecule has 0 saturated carbocycles. The molecule has 0 radical (unpaired) electrons. The summed E-state index contributed by atoms with van der Waals surface area (Å²) in [7, 11) is -2.01. The van der Waals surface area contributed by atoms with Gasteiger partial charge in [0.25, 0.3) is 10.0 Å². The summed E-state index contributed by atoms with van der Waals surface area (Å²) in [6.45, 7) is 4.87. The Morgan fingerprint density at radius 1 is 0.897 bits per heavy atom. The van der Waals surface area contributed by atoms with E-state index >= 15 is 0 Å². The van der Waals surface area contributed by atoms with Crippen LogP contribution < -0.4 is 4.31 Å². The summed E-state index contributed by atoms with van der Waals surface area (Å²) in [5, 5.41) is 9.06. The van der Waals surface area contributed by atoms with Crippen molar-refractivity contribution >= 4 is 15.7 Å². The SMILES string of the molecule is CN1c2ccccc2C(N2CCN(Cc3cncn3Cc3ccc(C#N)cc3)CC2)c2ccccc2S1(=O)=O. The van der Waals surface area contributed by atoms with E-state index in [1.807, 2.05) is 67.1 Å². The second kappa shape index (κ2) is 10.3. The van der Waals surface area contributed by atoms with Gasteiger partial charge in [-0.3, -0.25) is 14.1 Å². The maximum Gasteiger partial charge on any atom is 0.264 e. The Balaban J connectivity index is 1.21. The van der Waals surface area contributed by atoms with Gasteiger partial charge in [-0.25, -0.2) is 13.4 Å². The fraction of sp³-hybridized carbons (Fsp3) is 0.267. The van der Waals surface area contributed by atoms with Crippen LogP contribution >= 0.6 is 0 Å². The molecule has 0 aliphatic carbocycles. The molecule has 0 N–H and O–H groups in total. The van der Waals surface area contributed by atoms with Crippen molar-refractivity contribution in [2.24, 2.45) is 0 Å². The second-order valence-electron chi connectivity index (χ2n) is 10.1. The van der Waals surface area contributed by atoms with E-state index in [1.165, 1.54) is 4.31 Å². The molecule has 198 valence electrons. The molecule has 1 atom stereocenters. The Morgan fingerprint density at radius 3 is 2.33 bits per heavy atom. The number of imidazole rings is 1. The third-order valence-electron chi connectivity index (χ3n) is 7.81. The van der Waals surface area contributed by atoms with Gasteiger partial charge in [-0.1, -0.05) is 48.5 Å². The lowest BCUT2D eigenvalue weighted by atomic mass is 9.94. The summed E-state index contributed by atoms with van der Waals surface area (Å²) in [5.41, 5.74) is 5.51. The number of nitriles is 1. The predicted molar refractivity (Wildman–Crippen MR) is 150 cm³/mol. The second-order valence-corrected chi connectivity index (χ2v) is 12.0. The van der Waals surface area contributed by atoms with Crippen molar-refractivity contribution in [3.05, 3.63) is 113 Å². The normalized spacial score (nSPS) is 19.1. The molecule has 6 rings (SSSR count). The molecule has 3 aromatic carbocycles. The number of hydrogen-bond donors (Lipinski definition) is 0. The van der Waals surface area contributed by atoms with E-state index in [0.29, 0.717) is 17.0 Å². The third kappa shape index (κ3) is 4.72. The van der Waals surface area contributed by atoms with Crippen LogP contribution in [0.1, 0.15) is 34.0 Å². The minimum Gasteiger partial charge on any atom is -0.329 e. The number of hydrogen-bond acceptors (Lipinski definition) is 6. The van der Waals surface area contributed by atoms with Crippen LogP contribution in [0, 0.1) is 11.3 Å². The Bertz CT molecular complexity index is 1630. The van der Waals surface area contributed by atoms with Gasteiger partial charge in [0, 0.05) is 52.5 Å². The molecule has 39 heavy (non-hydrogen) atoms. The molecule has 2 aliphatic rings. The van der Waals surface area contributed by atoms with Gasteiger partial charge in [0.2, 0.25) is 0 Å². The van der Waals surface area contributed by atoms with Gasteiger partial charge in [-0.15, -0.1) is 0 Å². The zero-order valence-electron chi connectivity index (χ0n) is 21.8. The highest BCUT2D eigenvalue weighted by Gasteiger charge is 2.38. The molecule has 8 nitrogen and oxygen atoms in total. The van der Waals surface area contributed by atoms with Crippen LogP contribution in [-0.4, -0.2) is 61.0 Å². The highest BCUT2D eigenvalue weighted by Crippen LogP contribution is 2.43. The summed E-state index contributed by atoms with van der Waals surface area (Å²) in [4.78, 5) is 9.62. The molecule has 9 heteroatoms. The van der Waals surface area contributed by atoms with Gasteiger partial charge >= 0.3 is 0 Å². The first-order chi connectivity index (χ1) is 19.0. The van der Waals surface area contributed by atoms with E-state index < -0.39 is 10.0 Å². The van der Waals surface area contributed by atoms with E-state index in [4.69, 9.17) is 5.26 Å². The fourth-order valence-electron chi connectivity index (χ4n) is 5.70. The van der Waals surface area contributed by atoms with Crippen LogP contribution in [0.3, 0.4) is 0 Å². The Morgan fingerprint density at radius 2 is 1.59 bits per heavy atom. The Labute approximate surface area is 229 Å². The van der Waals surface area contributed by atoms with E-state index in [0.717, 1.165) is 60.8 Å². The zero-order chi connectivity index (χ0) is 27.0. The lowest BCUT2D eigenvalue weighted by Gasteiger charge is -2.40. The van der Waals surface area contributed by atoms with Gasteiger partial charge in [0.05, 0.1) is 40.3 Å². The molecular formula is C30H30N6O2S. The molecule has 0 amide bonds. The summed E-state index contributed by atoms with van der Waals surface area (Å²) < 4.78 is 30.6. The minimum atomic E-state index is -3.65. The van der Waals surface area contributed by atoms with Crippen molar-refractivity contribution in [2.75, 3.05) is 37.5 Å². The third-order valence-corrected chi connectivity index (χ3v) is 9.66. The van der Waals surface area contributed by atoms with Gasteiger partial charge in [-0.05, 0) is 41.0 Å². The monoisotopic (exact) mass is 538 g/mol. The van der Waals surface area contributed by atoms with Crippen molar-refractivity contribution in [2.45, 2.75) is 24.0 Å². The van der Waals surface area contributed by atoms with E-state index in [-0.39, 0.29) is 6.04 Å². The van der Waals surface area contributed by atoms with Crippen LogP contribution in [0.15, 0.2) is 90.2 Å². The number of sulfonamides is 1. The van der Waals surface area contributed by atoms with Crippen molar-refractivity contribution in [1.82, 2.24) is 19.4 Å². The average molecular weight is 539 g/mol. The quantitative estimate of drug-likeness (QED) is 0.384. The predicted octanol–water partition coefficient (Wildman–Crippen LogP) is 3.85. The lowest BCUT2D eigenvalue weighted by Crippen LogP contribution is -2.47. The molecule has 1 unspecified atom stereocenters. The Hall–Kier alpha value is -3.97. The summed E-state index contributed by atoms with van der Waals surface area (Å²) >= 11 is 0. The fourth-order valence-corrected chi connectivity index (χ4v) is 7.15. The number of aromatic nitrogens is 2. The number of rotatable bonds is 5. The molecule has 0 bridgehead atoms. The number of anilines is 1. The van der Waals surface area contributed by atoms with E-state index in [9.17, 15) is 8.42 Å². The van der Waals surface area contributed by atoms with Crippen molar-refractivity contribution < 1.29 is 8.42 Å². The van der Waals surface area contributed by atoms with Gasteiger partial charge in [-0.2, -0.15) is 5.26 Å². The molecular weight excluding hydrogens is 508 g/mol. The van der Waals surface area contributed by atoms with E-state index in [1.54, 1.807) is 19.2 Å². The topological polar surface area (TPSA) is 85.5 Å². The number of fused-ring (bicyclic) bond motifs is 2. The Kier molecular flexibility index (Phi) is 6.69. The number of nitrogens with zero attached hydrogens (tertiary/aromatic N) is 6. The van der Waals surface area contributed by atoms with Crippen LogP contribution in [0.5, 0.6) is 0 Å². The average Bonchev–Trinajstić information content (AvgIpc) is 3.38. The maximum absolute atomic E-state index is 13.5. The summed E-state index contributed by atoms with van der Waals surface area (Å²) in [6, 6.07) is 25.0. The smallest absolute Gasteiger partial charge is 0.264 e. The van der Waals surface area contributed by atoms with Crippen molar-refractivity contribution in [3.8, 4) is 6.07 Å². The first-order valence-corrected chi connectivity index (χ1v) is 14.5. The zero-order valence-corrected chi connectivity index (χ0v) is 22.6. The molecule has 1 aromatic heterocycles. The molecule has 0 spiro atoms. The van der Waals surface area contributed by atoms with Crippen LogP contribution in [0.25, 0.3) is 0 Å². The summed E-state index contributed by atoms with van der Waals surface area (Å²) in [5.74, 6) is 0. The molecule has 1 fully saturated rings. The van der Waals surface area contributed by atoms with Crippen LogP contribution in [0.2, 0.25) is 0 Å². The number of benzene rings is 3. The largest absolute Gasteiger partial charge is 0.329 e. The first kappa shape index (κ1) is 25.3. The van der Waals surface area contributed by atoms with E-state index in [2.05, 4.69) is 31.5 Å². The van der Waals surface area contributed by atoms with Gasteiger partial charge < -0.3 is 4.57 Å². The highest BCUT2D eigenvalue weighted by atomic mass is 32.2. The van der Waals surface area contributed by atoms with Crippen molar-refractivity contribution in [3.63, 3.8) is 0 Å². The highest BCUT2D eigenvalue weighted by molar-refractivity contribution is 7.92. The first-order valence-electron chi connectivity index (χ1n) is 13.1. The standard InChI is InChI=1S/C30H30N6O2S/c1-33-28-8-4-2-6-26(28)30(27-7-3-5-9-29(27)39(33,37)38)35-16-14-34(15-17-35)21-25-19-32-22-36(25)20-24-12-10-23(18-31)11-13-24/h2-13,19,22,30H,14-17,20-21H2,1H3. The molecule has 2 aliphatic heterocycles. The number of piperazine rings is 1. The lowest BCUT2D eigenvalue weighted by molar-refractivity contribution is 0.103. The minimum absolute atomic E-state index is 0.138. The number of para-hydroxylation sites is 1. The van der Waals surface area contributed by atoms with Crippen molar-refractivity contribution in [1.29, 1.82) is 5.26 Å². The summed E-state index contributed by atoms with van der Waals surface area (Å²) in [6.07, 6.45) is 3.79. The van der Waals surface area contributed by atoms with Crippen LogP contribution in [-0.2, 0) is 23.1 Å². The molecule has 3 heterocycles. The molecule has 4 aromatic rings. The van der Waals surface area contributed by atoms with Gasteiger partial charge in [0.15, 0.2) is 0 Å². The van der Waals surface area contributed by atoms with Gasteiger partial charge in [0.1, 0.15) is 0 Å². The maximum atomic E-state index is 13.5. The molecule has 1 saturated heterocycles. The van der Waals surface area contributed by atoms with Crippen LogP contribution in [0.4, 0.5) is 5.69 Å².